The van der Waals surface area contributed by atoms with E-state index in [0.717, 1.165) is 17.5 Å². The molecule has 0 aromatic heterocycles. The molecule has 2 N–H and O–H groups in total. The molecule has 1 aliphatic heterocycles. The van der Waals surface area contributed by atoms with Crippen LogP contribution in [0.1, 0.15) is 44.4 Å². The topological polar surface area (TPSA) is 68.8 Å². The maximum absolute atomic E-state index is 13.0. The summed E-state index contributed by atoms with van der Waals surface area (Å²) in [5, 5.41) is 6.66. The van der Waals surface area contributed by atoms with Gasteiger partial charge in [-0.25, -0.2) is 4.79 Å². The number of rotatable bonds is 9. The van der Waals surface area contributed by atoms with E-state index in [1.165, 1.54) is 0 Å². The lowest BCUT2D eigenvalue weighted by atomic mass is 9.95. The van der Waals surface area contributed by atoms with Gasteiger partial charge >= 0.3 is 5.97 Å². The third kappa shape index (κ3) is 6.01. The fraction of sp³-hybridized carbons (Fsp3) is 0.360. The van der Waals surface area contributed by atoms with Gasteiger partial charge in [0.15, 0.2) is 16.6 Å². The number of nitrogens with one attached hydrogen (secondary N) is 2. The Morgan fingerprint density at radius 1 is 1.12 bits per heavy atom. The summed E-state index contributed by atoms with van der Waals surface area (Å²) < 4.78 is 17.1. The molecule has 3 rings (SSSR count). The molecule has 0 saturated heterocycles. The Bertz CT molecular complexity index is 989. The average Bonchev–Trinajstić information content (AvgIpc) is 2.77. The van der Waals surface area contributed by atoms with Crippen LogP contribution in [0.2, 0.25) is 0 Å². The number of hydrogen-bond donors (Lipinski definition) is 2. The van der Waals surface area contributed by atoms with E-state index >= 15 is 0 Å². The van der Waals surface area contributed by atoms with Gasteiger partial charge in [-0.05, 0) is 54.7 Å². The predicted octanol–water partition coefficient (Wildman–Crippen LogP) is 4.66. The van der Waals surface area contributed by atoms with Gasteiger partial charge in [0, 0.05) is 5.70 Å². The van der Waals surface area contributed by atoms with E-state index in [1.54, 1.807) is 7.11 Å². The van der Waals surface area contributed by atoms with Crippen LogP contribution in [0.5, 0.6) is 11.5 Å². The summed E-state index contributed by atoms with van der Waals surface area (Å²) in [5.74, 6) is 1.42. The van der Waals surface area contributed by atoms with Crippen LogP contribution in [0.15, 0.2) is 59.8 Å². The second-order valence-corrected chi connectivity index (χ2v) is 8.48. The van der Waals surface area contributed by atoms with E-state index in [-0.39, 0.29) is 6.61 Å². The van der Waals surface area contributed by atoms with Crippen molar-refractivity contribution in [1.29, 1.82) is 0 Å². The van der Waals surface area contributed by atoms with Crippen molar-refractivity contribution in [3.63, 3.8) is 0 Å². The Hall–Kier alpha value is -3.06. The Kier molecular flexibility index (Phi) is 8.11. The lowest BCUT2D eigenvalue weighted by Gasteiger charge is -2.30. The Morgan fingerprint density at radius 2 is 1.88 bits per heavy atom. The van der Waals surface area contributed by atoms with E-state index in [0.29, 0.717) is 40.4 Å². The first-order chi connectivity index (χ1) is 15.4. The van der Waals surface area contributed by atoms with E-state index in [4.69, 9.17) is 26.4 Å². The zero-order valence-corrected chi connectivity index (χ0v) is 19.8. The van der Waals surface area contributed by atoms with Gasteiger partial charge in [0.25, 0.3) is 0 Å². The molecule has 0 bridgehead atoms. The van der Waals surface area contributed by atoms with Crippen LogP contribution in [-0.2, 0) is 16.1 Å². The molecule has 0 saturated carbocycles. The molecular formula is C25H30N2O4S. The SMILES string of the molecule is COc1cc([C@H]2NC(=S)NC(C)=C2C(=O)OCc2ccccc2)ccc1OCCC(C)C. The van der Waals surface area contributed by atoms with Gasteiger partial charge < -0.3 is 24.8 Å². The fourth-order valence-corrected chi connectivity index (χ4v) is 3.67. The van der Waals surface area contributed by atoms with Crippen molar-refractivity contribution in [2.75, 3.05) is 13.7 Å². The van der Waals surface area contributed by atoms with E-state index in [2.05, 4.69) is 24.5 Å². The second-order valence-electron chi connectivity index (χ2n) is 8.07. The zero-order chi connectivity index (χ0) is 23.1. The van der Waals surface area contributed by atoms with Gasteiger partial charge in [-0.2, -0.15) is 0 Å². The fourth-order valence-electron chi connectivity index (χ4n) is 3.40. The largest absolute Gasteiger partial charge is 0.493 e. The summed E-state index contributed by atoms with van der Waals surface area (Å²) in [6.45, 7) is 6.93. The average molecular weight is 455 g/mol. The number of esters is 1. The number of thiocarbonyl (C=S) groups is 1. The standard InChI is InChI=1S/C25H30N2O4S/c1-16(2)12-13-30-20-11-10-19(14-21(20)29-4)23-22(17(3)26-25(32)27-23)24(28)31-15-18-8-6-5-7-9-18/h5-11,14,16,23H,12-13,15H2,1-4H3,(H2,26,27,32)/t23-/m1/s1. The molecular weight excluding hydrogens is 424 g/mol. The molecule has 0 aliphatic carbocycles. The summed E-state index contributed by atoms with van der Waals surface area (Å²) in [6, 6.07) is 14.8. The number of carbonyl (C=O) groups excluding carboxylic acids is 1. The van der Waals surface area contributed by atoms with Gasteiger partial charge in [0.05, 0.1) is 25.3 Å². The van der Waals surface area contributed by atoms with Gasteiger partial charge in [0.1, 0.15) is 6.61 Å². The van der Waals surface area contributed by atoms with Crippen molar-refractivity contribution < 1.29 is 19.0 Å². The van der Waals surface area contributed by atoms with Crippen molar-refractivity contribution in [3.05, 3.63) is 70.9 Å². The van der Waals surface area contributed by atoms with Crippen LogP contribution in [0.4, 0.5) is 0 Å². The molecule has 6 nitrogen and oxygen atoms in total. The molecule has 0 fully saturated rings. The highest BCUT2D eigenvalue weighted by atomic mass is 32.1. The minimum atomic E-state index is -0.467. The maximum atomic E-state index is 13.0. The molecule has 1 heterocycles. The third-order valence-corrected chi connectivity index (χ3v) is 5.40. The minimum Gasteiger partial charge on any atom is -0.493 e. The van der Waals surface area contributed by atoms with Crippen molar-refractivity contribution in [3.8, 4) is 11.5 Å². The zero-order valence-electron chi connectivity index (χ0n) is 18.9. The molecule has 0 radical (unpaired) electrons. The second kappa shape index (κ2) is 11.0. The van der Waals surface area contributed by atoms with Crippen molar-refractivity contribution in [2.24, 2.45) is 5.92 Å². The minimum absolute atomic E-state index is 0.194. The predicted molar refractivity (Wildman–Crippen MR) is 128 cm³/mol. The molecule has 0 spiro atoms. The molecule has 0 amide bonds. The van der Waals surface area contributed by atoms with Crippen LogP contribution < -0.4 is 20.1 Å². The summed E-state index contributed by atoms with van der Waals surface area (Å²) in [5.41, 5.74) is 2.89. The first-order valence-corrected chi connectivity index (χ1v) is 11.1. The molecule has 2 aromatic rings. The number of ether oxygens (including phenoxy) is 3. The summed E-state index contributed by atoms with van der Waals surface area (Å²) in [7, 11) is 1.60. The van der Waals surface area contributed by atoms with Gasteiger partial charge in [-0.1, -0.05) is 50.2 Å². The molecule has 7 heteroatoms. The Labute approximate surface area is 194 Å². The quantitative estimate of drug-likeness (QED) is 0.422. The van der Waals surface area contributed by atoms with Gasteiger partial charge in [-0.3, -0.25) is 0 Å². The van der Waals surface area contributed by atoms with Crippen LogP contribution in [0, 0.1) is 5.92 Å². The number of benzene rings is 2. The van der Waals surface area contributed by atoms with E-state index in [9.17, 15) is 4.79 Å². The molecule has 1 aliphatic rings. The van der Waals surface area contributed by atoms with Crippen molar-refractivity contribution in [2.45, 2.75) is 39.8 Å². The monoisotopic (exact) mass is 454 g/mol. The number of hydrogen-bond acceptors (Lipinski definition) is 5. The molecule has 170 valence electrons. The van der Waals surface area contributed by atoms with Gasteiger partial charge in [0.2, 0.25) is 0 Å². The van der Waals surface area contributed by atoms with Crippen LogP contribution in [-0.4, -0.2) is 24.8 Å². The number of carbonyl (C=O) groups is 1. The van der Waals surface area contributed by atoms with Crippen LogP contribution in [0.25, 0.3) is 0 Å². The number of methoxy groups -OCH3 is 1. The Balaban J connectivity index is 1.82. The molecule has 0 unspecified atom stereocenters. The van der Waals surface area contributed by atoms with E-state index in [1.807, 2.05) is 55.5 Å². The highest BCUT2D eigenvalue weighted by Crippen LogP contribution is 2.35. The van der Waals surface area contributed by atoms with Crippen molar-refractivity contribution in [1.82, 2.24) is 10.6 Å². The highest BCUT2D eigenvalue weighted by molar-refractivity contribution is 7.80. The van der Waals surface area contributed by atoms with Crippen LogP contribution >= 0.6 is 12.2 Å². The maximum Gasteiger partial charge on any atom is 0.338 e. The highest BCUT2D eigenvalue weighted by Gasteiger charge is 2.31. The molecule has 2 aromatic carbocycles. The van der Waals surface area contributed by atoms with E-state index < -0.39 is 12.0 Å². The van der Waals surface area contributed by atoms with Gasteiger partial charge in [-0.15, -0.1) is 0 Å². The molecule has 32 heavy (non-hydrogen) atoms. The lowest BCUT2D eigenvalue weighted by Crippen LogP contribution is -2.45. The first kappa shape index (κ1) is 23.6. The molecule has 1 atom stereocenters. The lowest BCUT2D eigenvalue weighted by molar-refractivity contribution is -0.140. The third-order valence-electron chi connectivity index (χ3n) is 5.18. The number of allylic oxidation sites excluding steroid dienone is 1. The first-order valence-electron chi connectivity index (χ1n) is 10.7. The summed E-state index contributed by atoms with van der Waals surface area (Å²) in [6.07, 6.45) is 0.953. The summed E-state index contributed by atoms with van der Waals surface area (Å²) in [4.78, 5) is 13.0. The van der Waals surface area contributed by atoms with Crippen LogP contribution in [0.3, 0.4) is 0 Å². The van der Waals surface area contributed by atoms with Crippen molar-refractivity contribution >= 4 is 23.3 Å². The Morgan fingerprint density at radius 3 is 2.56 bits per heavy atom. The summed E-state index contributed by atoms with van der Waals surface area (Å²) >= 11 is 5.34. The smallest absolute Gasteiger partial charge is 0.338 e. The normalized spacial score (nSPS) is 15.8.